The molecule has 3 nitrogen and oxygen atoms in total. The second-order valence-corrected chi connectivity index (χ2v) is 4.40. The number of halogens is 3. The van der Waals surface area contributed by atoms with Crippen LogP contribution in [0.4, 0.5) is 0 Å². The normalized spacial score (nSPS) is 11.7. The van der Waals surface area contributed by atoms with Crippen molar-refractivity contribution in [2.75, 3.05) is 0 Å². The number of carbonyl (C=O) groups excluding carboxylic acids is 1. The largest absolute Gasteiger partial charge is 0.367 e. The maximum Gasteiger partial charge on any atom is 0.367 e. The van der Waals surface area contributed by atoms with E-state index in [0.29, 0.717) is 10.7 Å². The van der Waals surface area contributed by atoms with Gasteiger partial charge in [-0.3, -0.25) is 0 Å². The lowest BCUT2D eigenvalue weighted by Gasteiger charge is -2.02. The summed E-state index contributed by atoms with van der Waals surface area (Å²) in [6, 6.07) is 6.50. The zero-order chi connectivity index (χ0) is 12.1. The standard InChI is InChI=1S/C10H8Cl3NO2/c1-6(9(12)13)14-16-10(15)7-4-2-3-5-8(7)11/h2-5,9H,1H3. The molecule has 0 atom stereocenters. The second-order valence-electron chi connectivity index (χ2n) is 2.89. The van der Waals surface area contributed by atoms with Crippen molar-refractivity contribution in [2.24, 2.45) is 5.16 Å². The summed E-state index contributed by atoms with van der Waals surface area (Å²) in [6.45, 7) is 1.55. The lowest BCUT2D eigenvalue weighted by Crippen LogP contribution is -2.07. The molecule has 0 radical (unpaired) electrons. The molecule has 0 N–H and O–H groups in total. The molecule has 0 spiro atoms. The zero-order valence-corrected chi connectivity index (χ0v) is 10.6. The van der Waals surface area contributed by atoms with Gasteiger partial charge in [0, 0.05) is 0 Å². The Morgan fingerprint density at radius 3 is 2.56 bits per heavy atom. The van der Waals surface area contributed by atoms with Gasteiger partial charge in [0.05, 0.1) is 16.3 Å². The van der Waals surface area contributed by atoms with Crippen LogP contribution >= 0.6 is 34.8 Å². The van der Waals surface area contributed by atoms with Crippen molar-refractivity contribution in [1.29, 1.82) is 0 Å². The summed E-state index contributed by atoms with van der Waals surface area (Å²) in [4.78, 5) is 15.3. The zero-order valence-electron chi connectivity index (χ0n) is 8.28. The van der Waals surface area contributed by atoms with E-state index in [4.69, 9.17) is 34.8 Å². The molecule has 0 saturated carbocycles. The monoisotopic (exact) mass is 279 g/mol. The van der Waals surface area contributed by atoms with Gasteiger partial charge in [0.25, 0.3) is 0 Å². The van der Waals surface area contributed by atoms with Crippen LogP contribution in [-0.4, -0.2) is 16.5 Å². The van der Waals surface area contributed by atoms with Crippen LogP contribution in [0.5, 0.6) is 0 Å². The molecule has 0 aromatic heterocycles. The molecule has 0 amide bonds. The highest BCUT2D eigenvalue weighted by molar-refractivity contribution is 6.54. The molecule has 0 aliphatic rings. The molecule has 1 aromatic rings. The summed E-state index contributed by atoms with van der Waals surface area (Å²) in [5.74, 6) is -0.654. The number of nitrogens with zero attached hydrogens (tertiary/aromatic N) is 1. The number of hydrogen-bond acceptors (Lipinski definition) is 3. The van der Waals surface area contributed by atoms with Gasteiger partial charge in [0.1, 0.15) is 4.84 Å². The molecule has 0 aliphatic carbocycles. The van der Waals surface area contributed by atoms with Crippen LogP contribution < -0.4 is 0 Å². The quantitative estimate of drug-likeness (QED) is 0.367. The predicted octanol–water partition coefficient (Wildman–Crippen LogP) is 3.68. The smallest absolute Gasteiger partial charge is 0.313 e. The van der Waals surface area contributed by atoms with E-state index < -0.39 is 10.8 Å². The molecule has 1 aromatic carbocycles. The van der Waals surface area contributed by atoms with E-state index in [0.717, 1.165) is 0 Å². The summed E-state index contributed by atoms with van der Waals surface area (Å²) < 4.78 is 0. The van der Waals surface area contributed by atoms with Gasteiger partial charge in [-0.15, -0.1) is 0 Å². The second kappa shape index (κ2) is 6.09. The molecule has 16 heavy (non-hydrogen) atoms. The van der Waals surface area contributed by atoms with Crippen LogP contribution in [0, 0.1) is 0 Å². The maximum absolute atomic E-state index is 11.5. The highest BCUT2D eigenvalue weighted by Gasteiger charge is 2.12. The Morgan fingerprint density at radius 2 is 2.00 bits per heavy atom. The van der Waals surface area contributed by atoms with Gasteiger partial charge in [-0.1, -0.05) is 52.1 Å². The number of oxime groups is 1. The third-order valence-corrected chi connectivity index (χ3v) is 2.64. The molecule has 0 heterocycles. The Bertz CT molecular complexity index is 418. The number of benzene rings is 1. The number of carbonyl (C=O) groups is 1. The fourth-order valence-electron chi connectivity index (χ4n) is 0.829. The first-order valence-corrected chi connectivity index (χ1v) is 5.56. The summed E-state index contributed by atoms with van der Waals surface area (Å²) in [5.41, 5.74) is 0.533. The van der Waals surface area contributed by atoms with Gasteiger partial charge in [-0.25, -0.2) is 4.79 Å². The Labute approximate surface area is 108 Å². The van der Waals surface area contributed by atoms with Crippen molar-refractivity contribution in [1.82, 2.24) is 0 Å². The van der Waals surface area contributed by atoms with E-state index in [2.05, 4.69) is 9.99 Å². The van der Waals surface area contributed by atoms with Crippen LogP contribution in [0.2, 0.25) is 5.02 Å². The molecule has 0 saturated heterocycles. The van der Waals surface area contributed by atoms with Crippen LogP contribution in [0.25, 0.3) is 0 Å². The Kier molecular flexibility index (Phi) is 5.06. The first-order chi connectivity index (χ1) is 7.52. The van der Waals surface area contributed by atoms with E-state index in [9.17, 15) is 4.79 Å². The van der Waals surface area contributed by atoms with Crippen LogP contribution in [0.15, 0.2) is 29.4 Å². The van der Waals surface area contributed by atoms with E-state index in [-0.39, 0.29) is 5.56 Å². The molecule has 0 aliphatic heterocycles. The molecule has 0 bridgehead atoms. The number of rotatable bonds is 3. The molecular weight excluding hydrogens is 272 g/mol. The highest BCUT2D eigenvalue weighted by atomic mass is 35.5. The van der Waals surface area contributed by atoms with E-state index >= 15 is 0 Å². The van der Waals surface area contributed by atoms with Crippen LogP contribution in [0.1, 0.15) is 17.3 Å². The third-order valence-electron chi connectivity index (χ3n) is 1.68. The summed E-state index contributed by atoms with van der Waals surface area (Å²) in [5, 5.41) is 3.79. The average Bonchev–Trinajstić information content (AvgIpc) is 2.25. The molecular formula is C10H8Cl3NO2. The number of alkyl halides is 2. The summed E-state index contributed by atoms with van der Waals surface area (Å²) in [6.07, 6.45) is 0. The Balaban J connectivity index is 2.74. The van der Waals surface area contributed by atoms with Crippen molar-refractivity contribution >= 4 is 46.5 Å². The van der Waals surface area contributed by atoms with Gasteiger partial charge >= 0.3 is 5.97 Å². The van der Waals surface area contributed by atoms with Gasteiger partial charge in [0.2, 0.25) is 0 Å². The molecule has 6 heteroatoms. The van der Waals surface area contributed by atoms with Crippen molar-refractivity contribution in [3.05, 3.63) is 34.9 Å². The first kappa shape index (κ1) is 13.3. The minimum absolute atomic E-state index is 0.237. The predicted molar refractivity (Wildman–Crippen MR) is 65.5 cm³/mol. The SMILES string of the molecule is CC(=NOC(=O)c1ccccc1Cl)C(Cl)Cl. The highest BCUT2D eigenvalue weighted by Crippen LogP contribution is 2.16. The third kappa shape index (κ3) is 3.67. The van der Waals surface area contributed by atoms with Gasteiger partial charge in [-0.2, -0.15) is 0 Å². The van der Waals surface area contributed by atoms with Gasteiger partial charge in [-0.05, 0) is 19.1 Å². The topological polar surface area (TPSA) is 38.7 Å². The lowest BCUT2D eigenvalue weighted by molar-refractivity contribution is 0.0516. The lowest BCUT2D eigenvalue weighted by atomic mass is 10.2. The Hall–Kier alpha value is -0.770. The van der Waals surface area contributed by atoms with E-state index in [1.165, 1.54) is 6.07 Å². The fraction of sp³-hybridized carbons (Fsp3) is 0.200. The van der Waals surface area contributed by atoms with Crippen molar-refractivity contribution in [3.8, 4) is 0 Å². The van der Waals surface area contributed by atoms with E-state index in [1.54, 1.807) is 25.1 Å². The maximum atomic E-state index is 11.5. The van der Waals surface area contributed by atoms with Crippen molar-refractivity contribution < 1.29 is 9.63 Å². The molecule has 1 rings (SSSR count). The van der Waals surface area contributed by atoms with E-state index in [1.807, 2.05) is 0 Å². The minimum Gasteiger partial charge on any atom is -0.313 e. The molecule has 86 valence electrons. The summed E-state index contributed by atoms with van der Waals surface area (Å²) >= 11 is 16.8. The average molecular weight is 281 g/mol. The van der Waals surface area contributed by atoms with Crippen LogP contribution in [0.3, 0.4) is 0 Å². The first-order valence-electron chi connectivity index (χ1n) is 4.31. The number of hydrogen-bond donors (Lipinski definition) is 0. The van der Waals surface area contributed by atoms with Crippen molar-refractivity contribution in [2.45, 2.75) is 11.8 Å². The minimum atomic E-state index is -0.806. The Morgan fingerprint density at radius 1 is 1.38 bits per heavy atom. The van der Waals surface area contributed by atoms with Gasteiger partial charge < -0.3 is 4.84 Å². The van der Waals surface area contributed by atoms with Gasteiger partial charge in [0.15, 0.2) is 0 Å². The summed E-state index contributed by atoms with van der Waals surface area (Å²) in [7, 11) is 0. The van der Waals surface area contributed by atoms with Crippen LogP contribution in [-0.2, 0) is 4.84 Å². The molecule has 0 fully saturated rings. The van der Waals surface area contributed by atoms with Crippen molar-refractivity contribution in [3.63, 3.8) is 0 Å². The molecule has 0 unspecified atom stereocenters. The fourth-order valence-corrected chi connectivity index (χ4v) is 1.12.